The van der Waals surface area contributed by atoms with Crippen LogP contribution in [0, 0.1) is 0 Å². The monoisotopic (exact) mass is 309 g/mol. The predicted molar refractivity (Wildman–Crippen MR) is 83.6 cm³/mol. The van der Waals surface area contributed by atoms with Crippen LogP contribution in [-0.4, -0.2) is 17.4 Å². The Kier molecular flexibility index (Phi) is 4.98. The van der Waals surface area contributed by atoms with E-state index < -0.39 is 0 Å². The average Bonchev–Trinajstić information content (AvgIpc) is 2.92. The molecule has 1 amide bonds. The number of anilines is 1. The van der Waals surface area contributed by atoms with Crippen molar-refractivity contribution < 1.29 is 4.79 Å². The van der Waals surface area contributed by atoms with Crippen molar-refractivity contribution in [2.75, 3.05) is 11.9 Å². The summed E-state index contributed by atoms with van der Waals surface area (Å²) in [5, 5.41) is 10.3. The highest BCUT2D eigenvalue weighted by Crippen LogP contribution is 2.18. The van der Waals surface area contributed by atoms with Gasteiger partial charge in [-0.3, -0.25) is 4.79 Å². The van der Waals surface area contributed by atoms with E-state index in [1.165, 1.54) is 0 Å². The van der Waals surface area contributed by atoms with Crippen LogP contribution in [0.4, 0.5) is 5.82 Å². The van der Waals surface area contributed by atoms with Crippen LogP contribution in [0.25, 0.3) is 0 Å². The number of nitrogens with one attached hydrogen (secondary N) is 2. The van der Waals surface area contributed by atoms with Gasteiger partial charge in [0.1, 0.15) is 11.0 Å². The summed E-state index contributed by atoms with van der Waals surface area (Å²) in [5.74, 6) is 0.445. The van der Waals surface area contributed by atoms with E-state index in [1.807, 2.05) is 30.7 Å². The zero-order valence-electron chi connectivity index (χ0n) is 11.3. The summed E-state index contributed by atoms with van der Waals surface area (Å²) >= 11 is 7.55. The Labute approximate surface area is 127 Å². The summed E-state index contributed by atoms with van der Waals surface area (Å²) in [6.07, 6.45) is 0. The SMILES string of the molecule is CCNc1cc(C(=O)NC(C)c2ccsc2)cc(Cl)n1. The van der Waals surface area contributed by atoms with Gasteiger partial charge in [-0.25, -0.2) is 4.98 Å². The van der Waals surface area contributed by atoms with E-state index in [1.54, 1.807) is 23.5 Å². The molecule has 6 heteroatoms. The van der Waals surface area contributed by atoms with Crippen LogP contribution in [0.5, 0.6) is 0 Å². The highest BCUT2D eigenvalue weighted by atomic mass is 35.5. The Balaban J connectivity index is 2.12. The first-order valence-electron chi connectivity index (χ1n) is 6.34. The number of halogens is 1. The first-order chi connectivity index (χ1) is 9.60. The van der Waals surface area contributed by atoms with Crippen LogP contribution in [0.15, 0.2) is 29.0 Å². The minimum Gasteiger partial charge on any atom is -0.370 e. The molecule has 1 atom stereocenters. The molecule has 1 unspecified atom stereocenters. The van der Waals surface area contributed by atoms with Gasteiger partial charge in [0, 0.05) is 12.1 Å². The van der Waals surface area contributed by atoms with Crippen molar-refractivity contribution in [3.63, 3.8) is 0 Å². The van der Waals surface area contributed by atoms with Crippen molar-refractivity contribution in [2.45, 2.75) is 19.9 Å². The van der Waals surface area contributed by atoms with E-state index in [0.29, 0.717) is 16.5 Å². The van der Waals surface area contributed by atoms with Gasteiger partial charge in [0.2, 0.25) is 0 Å². The minimum absolute atomic E-state index is 0.0386. The van der Waals surface area contributed by atoms with Gasteiger partial charge < -0.3 is 10.6 Å². The molecule has 2 N–H and O–H groups in total. The van der Waals surface area contributed by atoms with E-state index in [4.69, 9.17) is 11.6 Å². The standard InChI is InChI=1S/C14H16ClN3OS/c1-3-16-13-7-11(6-12(15)18-13)14(19)17-9(2)10-4-5-20-8-10/h4-9H,3H2,1-2H3,(H,16,18)(H,17,19). The number of hydrogen-bond acceptors (Lipinski definition) is 4. The summed E-state index contributed by atoms with van der Waals surface area (Å²) in [5.41, 5.74) is 1.60. The van der Waals surface area contributed by atoms with Crippen molar-refractivity contribution in [2.24, 2.45) is 0 Å². The molecule has 0 fully saturated rings. The van der Waals surface area contributed by atoms with E-state index in [0.717, 1.165) is 12.1 Å². The quantitative estimate of drug-likeness (QED) is 0.828. The van der Waals surface area contributed by atoms with Crippen LogP contribution < -0.4 is 10.6 Å². The maximum Gasteiger partial charge on any atom is 0.251 e. The second-order valence-electron chi connectivity index (χ2n) is 4.35. The summed E-state index contributed by atoms with van der Waals surface area (Å²) < 4.78 is 0. The van der Waals surface area contributed by atoms with Gasteiger partial charge in [0.15, 0.2) is 0 Å². The molecule has 0 saturated heterocycles. The van der Waals surface area contributed by atoms with Gasteiger partial charge in [-0.05, 0) is 48.4 Å². The van der Waals surface area contributed by atoms with Gasteiger partial charge in [-0.15, -0.1) is 0 Å². The number of thiophene rings is 1. The van der Waals surface area contributed by atoms with E-state index in [-0.39, 0.29) is 11.9 Å². The maximum atomic E-state index is 12.2. The molecule has 0 aromatic carbocycles. The topological polar surface area (TPSA) is 54.0 Å². The van der Waals surface area contributed by atoms with Crippen LogP contribution in [0.2, 0.25) is 5.15 Å². The second kappa shape index (κ2) is 6.72. The molecule has 2 aromatic heterocycles. The molecule has 0 spiro atoms. The molecule has 0 aliphatic rings. The molecule has 0 saturated carbocycles. The van der Waals surface area contributed by atoms with Gasteiger partial charge in [0.05, 0.1) is 6.04 Å². The van der Waals surface area contributed by atoms with E-state index >= 15 is 0 Å². The van der Waals surface area contributed by atoms with Crippen molar-refractivity contribution in [3.05, 3.63) is 45.2 Å². The third-order valence-corrected chi connectivity index (χ3v) is 3.70. The first-order valence-corrected chi connectivity index (χ1v) is 7.66. The molecule has 0 bridgehead atoms. The lowest BCUT2D eigenvalue weighted by Crippen LogP contribution is -2.26. The van der Waals surface area contributed by atoms with Crippen LogP contribution in [0.3, 0.4) is 0 Å². The van der Waals surface area contributed by atoms with Crippen molar-refractivity contribution in [3.8, 4) is 0 Å². The summed E-state index contributed by atoms with van der Waals surface area (Å²) in [4.78, 5) is 16.3. The van der Waals surface area contributed by atoms with Gasteiger partial charge in [0.25, 0.3) is 5.91 Å². The lowest BCUT2D eigenvalue weighted by Gasteiger charge is -2.13. The minimum atomic E-state index is -0.160. The molecule has 2 aromatic rings. The molecule has 2 rings (SSSR count). The number of carbonyl (C=O) groups is 1. The number of carbonyl (C=O) groups excluding carboxylic acids is 1. The average molecular weight is 310 g/mol. The molecule has 0 radical (unpaired) electrons. The fraction of sp³-hybridized carbons (Fsp3) is 0.286. The normalized spacial score (nSPS) is 11.9. The highest BCUT2D eigenvalue weighted by molar-refractivity contribution is 7.07. The largest absolute Gasteiger partial charge is 0.370 e. The number of pyridine rings is 1. The number of rotatable bonds is 5. The van der Waals surface area contributed by atoms with Gasteiger partial charge in [-0.2, -0.15) is 11.3 Å². The van der Waals surface area contributed by atoms with Crippen molar-refractivity contribution in [1.82, 2.24) is 10.3 Å². The van der Waals surface area contributed by atoms with Crippen LogP contribution in [-0.2, 0) is 0 Å². The molecular weight excluding hydrogens is 294 g/mol. The number of aromatic nitrogens is 1. The van der Waals surface area contributed by atoms with Crippen LogP contribution >= 0.6 is 22.9 Å². The summed E-state index contributed by atoms with van der Waals surface area (Å²) in [6.45, 7) is 4.63. The molecule has 0 aliphatic carbocycles. The molecular formula is C14H16ClN3OS. The Morgan fingerprint density at radius 1 is 1.50 bits per heavy atom. The van der Waals surface area contributed by atoms with Gasteiger partial charge >= 0.3 is 0 Å². The molecule has 4 nitrogen and oxygen atoms in total. The maximum absolute atomic E-state index is 12.2. The lowest BCUT2D eigenvalue weighted by molar-refractivity contribution is 0.0940. The zero-order chi connectivity index (χ0) is 14.5. The van der Waals surface area contributed by atoms with Crippen molar-refractivity contribution >= 4 is 34.7 Å². The summed E-state index contributed by atoms with van der Waals surface area (Å²) in [7, 11) is 0. The zero-order valence-corrected chi connectivity index (χ0v) is 12.9. The predicted octanol–water partition coefficient (Wildman–Crippen LogP) is 3.72. The Hall–Kier alpha value is -1.59. The lowest BCUT2D eigenvalue weighted by atomic mass is 10.1. The summed E-state index contributed by atoms with van der Waals surface area (Å²) in [6, 6.07) is 5.23. The highest BCUT2D eigenvalue weighted by Gasteiger charge is 2.13. The van der Waals surface area contributed by atoms with Gasteiger partial charge in [-0.1, -0.05) is 11.6 Å². The van der Waals surface area contributed by atoms with E-state index in [2.05, 4.69) is 15.6 Å². The number of nitrogens with zero attached hydrogens (tertiary/aromatic N) is 1. The fourth-order valence-electron chi connectivity index (χ4n) is 1.78. The molecule has 2 heterocycles. The molecule has 106 valence electrons. The molecule has 20 heavy (non-hydrogen) atoms. The smallest absolute Gasteiger partial charge is 0.251 e. The third-order valence-electron chi connectivity index (χ3n) is 2.80. The Morgan fingerprint density at radius 2 is 2.30 bits per heavy atom. The third kappa shape index (κ3) is 3.71. The number of hydrogen-bond donors (Lipinski definition) is 2. The Bertz CT molecular complexity index is 586. The Morgan fingerprint density at radius 3 is 2.95 bits per heavy atom. The molecule has 0 aliphatic heterocycles. The number of amides is 1. The fourth-order valence-corrected chi connectivity index (χ4v) is 2.75. The second-order valence-corrected chi connectivity index (χ2v) is 5.51. The van der Waals surface area contributed by atoms with Crippen molar-refractivity contribution in [1.29, 1.82) is 0 Å². The van der Waals surface area contributed by atoms with Crippen LogP contribution in [0.1, 0.15) is 35.8 Å². The van der Waals surface area contributed by atoms with E-state index in [9.17, 15) is 4.79 Å². The first kappa shape index (κ1) is 14.8.